The topological polar surface area (TPSA) is 62.5 Å². The molecule has 0 aliphatic carbocycles. The summed E-state index contributed by atoms with van der Waals surface area (Å²) in [6.45, 7) is 3.60. The monoisotopic (exact) mass is 270 g/mol. The van der Waals surface area contributed by atoms with Crippen LogP contribution in [0.4, 0.5) is 5.82 Å². The molecule has 104 valence electrons. The highest BCUT2D eigenvalue weighted by atomic mass is 16.3. The number of hydrogen-bond acceptors (Lipinski definition) is 4. The van der Waals surface area contributed by atoms with E-state index in [4.69, 9.17) is 0 Å². The minimum absolute atomic E-state index is 0.533. The first-order valence-corrected chi connectivity index (χ1v) is 6.65. The minimum atomic E-state index is -0.778. The fraction of sp³-hybridized carbons (Fsp3) is 0.333. The summed E-state index contributed by atoms with van der Waals surface area (Å²) in [5.74, 6) is 0.741. The lowest BCUT2D eigenvalue weighted by Crippen LogP contribution is -2.22. The first kappa shape index (κ1) is 12.9. The quantitative estimate of drug-likeness (QED) is 0.766. The van der Waals surface area contributed by atoms with Crippen LogP contribution in [-0.2, 0) is 6.42 Å². The predicted molar refractivity (Wildman–Crippen MR) is 80.0 cm³/mol. The van der Waals surface area contributed by atoms with E-state index >= 15 is 0 Å². The summed E-state index contributed by atoms with van der Waals surface area (Å²) in [5, 5.41) is 13.2. The zero-order chi connectivity index (χ0) is 14.3. The average Bonchev–Trinajstić information content (AvgIpc) is 2.80. The van der Waals surface area contributed by atoms with Crippen molar-refractivity contribution in [3.05, 3.63) is 36.2 Å². The highest BCUT2D eigenvalue weighted by Gasteiger charge is 2.19. The number of aromatic nitrogens is 3. The first-order valence-electron chi connectivity index (χ1n) is 6.65. The van der Waals surface area contributed by atoms with Gasteiger partial charge in [0.05, 0.1) is 16.6 Å². The fourth-order valence-corrected chi connectivity index (χ4v) is 2.48. The molecule has 5 heteroatoms. The number of benzene rings is 1. The summed E-state index contributed by atoms with van der Waals surface area (Å²) in [7, 11) is 1.83. The number of fused-ring (bicyclic) bond motifs is 3. The van der Waals surface area contributed by atoms with Crippen LogP contribution in [0.5, 0.6) is 0 Å². The third-order valence-electron chi connectivity index (χ3n) is 3.25. The second kappa shape index (κ2) is 4.45. The number of anilines is 1. The van der Waals surface area contributed by atoms with Gasteiger partial charge < -0.3 is 10.4 Å². The molecule has 0 radical (unpaired) electrons. The van der Waals surface area contributed by atoms with Crippen molar-refractivity contribution in [2.75, 3.05) is 12.4 Å². The Kier molecular flexibility index (Phi) is 2.87. The Morgan fingerprint density at radius 3 is 2.75 bits per heavy atom. The van der Waals surface area contributed by atoms with Crippen molar-refractivity contribution in [2.24, 2.45) is 0 Å². The third-order valence-corrected chi connectivity index (χ3v) is 3.25. The number of aliphatic hydroxyl groups is 1. The summed E-state index contributed by atoms with van der Waals surface area (Å²) >= 11 is 0. The van der Waals surface area contributed by atoms with Gasteiger partial charge in [0, 0.05) is 25.4 Å². The van der Waals surface area contributed by atoms with Crippen molar-refractivity contribution in [2.45, 2.75) is 25.9 Å². The van der Waals surface area contributed by atoms with Gasteiger partial charge in [-0.05, 0) is 26.0 Å². The number of nitrogens with one attached hydrogen (secondary N) is 1. The Labute approximate surface area is 117 Å². The van der Waals surface area contributed by atoms with Crippen LogP contribution in [0.1, 0.15) is 19.5 Å². The van der Waals surface area contributed by atoms with Crippen molar-refractivity contribution in [1.82, 2.24) is 14.4 Å². The minimum Gasteiger partial charge on any atom is -0.390 e. The molecule has 0 amide bonds. The van der Waals surface area contributed by atoms with Crippen LogP contribution in [0.3, 0.4) is 0 Å². The molecule has 0 fully saturated rings. The molecule has 0 saturated heterocycles. The molecule has 2 heterocycles. The van der Waals surface area contributed by atoms with E-state index in [2.05, 4.69) is 19.7 Å². The van der Waals surface area contributed by atoms with E-state index < -0.39 is 5.60 Å². The van der Waals surface area contributed by atoms with Gasteiger partial charge in [-0.1, -0.05) is 12.1 Å². The Morgan fingerprint density at radius 1 is 1.30 bits per heavy atom. The van der Waals surface area contributed by atoms with Crippen LogP contribution < -0.4 is 5.32 Å². The summed E-state index contributed by atoms with van der Waals surface area (Å²) in [4.78, 5) is 9.03. The van der Waals surface area contributed by atoms with Gasteiger partial charge >= 0.3 is 0 Å². The van der Waals surface area contributed by atoms with Crippen molar-refractivity contribution >= 4 is 22.5 Å². The Morgan fingerprint density at radius 2 is 2.05 bits per heavy atom. The number of imidazole rings is 1. The van der Waals surface area contributed by atoms with E-state index in [1.807, 2.05) is 37.5 Å². The highest BCUT2D eigenvalue weighted by molar-refractivity contribution is 5.83. The lowest BCUT2D eigenvalue weighted by Gasteiger charge is -2.17. The van der Waals surface area contributed by atoms with Gasteiger partial charge in [-0.15, -0.1) is 0 Å². The van der Waals surface area contributed by atoms with Crippen LogP contribution >= 0.6 is 0 Å². The molecule has 0 atom stereocenters. The van der Waals surface area contributed by atoms with Gasteiger partial charge in [-0.3, -0.25) is 4.40 Å². The number of para-hydroxylation sites is 2. The molecule has 1 aromatic carbocycles. The molecule has 3 rings (SSSR count). The summed E-state index contributed by atoms with van der Waals surface area (Å²) in [6.07, 6.45) is 2.34. The molecule has 2 N–H and O–H groups in total. The Bertz CT molecular complexity index is 770. The molecule has 0 unspecified atom stereocenters. The zero-order valence-corrected chi connectivity index (χ0v) is 11.9. The van der Waals surface area contributed by atoms with Gasteiger partial charge in [0.2, 0.25) is 0 Å². The van der Waals surface area contributed by atoms with Crippen LogP contribution in [0, 0.1) is 0 Å². The van der Waals surface area contributed by atoms with Gasteiger partial charge in [-0.25, -0.2) is 9.97 Å². The SMILES string of the molecule is CNc1nc2ccccc2n2c(CC(C)(C)O)cnc12. The van der Waals surface area contributed by atoms with Crippen molar-refractivity contribution in [3.63, 3.8) is 0 Å². The van der Waals surface area contributed by atoms with E-state index in [1.54, 1.807) is 13.8 Å². The van der Waals surface area contributed by atoms with Crippen LogP contribution in [0.2, 0.25) is 0 Å². The number of nitrogens with zero attached hydrogens (tertiary/aromatic N) is 3. The molecule has 0 aliphatic heterocycles. The van der Waals surface area contributed by atoms with Gasteiger partial charge in [-0.2, -0.15) is 0 Å². The van der Waals surface area contributed by atoms with E-state index in [1.165, 1.54) is 0 Å². The van der Waals surface area contributed by atoms with Gasteiger partial charge in [0.25, 0.3) is 0 Å². The molecule has 5 nitrogen and oxygen atoms in total. The third kappa shape index (κ3) is 2.10. The highest BCUT2D eigenvalue weighted by Crippen LogP contribution is 2.24. The molecule has 0 saturated carbocycles. The summed E-state index contributed by atoms with van der Waals surface area (Å²) in [5.41, 5.74) is 2.88. The molecular formula is C15H18N4O. The second-order valence-corrected chi connectivity index (χ2v) is 5.60. The lowest BCUT2D eigenvalue weighted by molar-refractivity contribution is 0.0798. The normalized spacial score (nSPS) is 12.2. The van der Waals surface area contributed by atoms with E-state index in [0.717, 1.165) is 28.2 Å². The van der Waals surface area contributed by atoms with Gasteiger partial charge in [0.1, 0.15) is 0 Å². The first-order chi connectivity index (χ1) is 9.49. The predicted octanol–water partition coefficient (Wildman–Crippen LogP) is 2.24. The Balaban J connectivity index is 2.36. The molecule has 0 aliphatic rings. The fourth-order valence-electron chi connectivity index (χ4n) is 2.48. The molecule has 0 bridgehead atoms. The van der Waals surface area contributed by atoms with E-state index in [0.29, 0.717) is 6.42 Å². The number of rotatable bonds is 3. The Hall–Kier alpha value is -2.14. The maximum atomic E-state index is 10.1. The van der Waals surface area contributed by atoms with Crippen LogP contribution in [-0.4, -0.2) is 32.1 Å². The smallest absolute Gasteiger partial charge is 0.180 e. The summed E-state index contributed by atoms with van der Waals surface area (Å²) < 4.78 is 2.06. The number of hydrogen-bond donors (Lipinski definition) is 2. The van der Waals surface area contributed by atoms with Crippen molar-refractivity contribution in [3.8, 4) is 0 Å². The maximum Gasteiger partial charge on any atom is 0.180 e. The largest absolute Gasteiger partial charge is 0.390 e. The van der Waals surface area contributed by atoms with Crippen molar-refractivity contribution < 1.29 is 5.11 Å². The van der Waals surface area contributed by atoms with Crippen LogP contribution in [0.15, 0.2) is 30.5 Å². The standard InChI is InChI=1S/C15H18N4O/c1-15(2,20)8-10-9-17-14-13(16-3)18-11-6-4-5-7-12(11)19(10)14/h4-7,9,20H,8H2,1-3H3,(H,16,18). The lowest BCUT2D eigenvalue weighted by atomic mass is 10.0. The average molecular weight is 270 g/mol. The summed E-state index contributed by atoms with van der Waals surface area (Å²) in [6, 6.07) is 7.94. The molecule has 2 aromatic heterocycles. The van der Waals surface area contributed by atoms with Crippen LogP contribution in [0.25, 0.3) is 16.7 Å². The maximum absolute atomic E-state index is 10.1. The second-order valence-electron chi connectivity index (χ2n) is 5.60. The molecule has 0 spiro atoms. The molecule has 20 heavy (non-hydrogen) atoms. The molecular weight excluding hydrogens is 252 g/mol. The van der Waals surface area contributed by atoms with Crippen molar-refractivity contribution in [1.29, 1.82) is 0 Å². The molecule has 3 aromatic rings. The zero-order valence-electron chi connectivity index (χ0n) is 11.9. The van der Waals surface area contributed by atoms with E-state index in [9.17, 15) is 5.11 Å². The van der Waals surface area contributed by atoms with E-state index in [-0.39, 0.29) is 0 Å². The van der Waals surface area contributed by atoms with Gasteiger partial charge in [0.15, 0.2) is 11.5 Å².